The molecule has 1 atom stereocenters. The number of hydrogen-bond donors (Lipinski definition) is 1. The molecule has 0 aromatic heterocycles. The molecule has 0 aliphatic carbocycles. The number of ether oxygens (including phenoxy) is 1. The van der Waals surface area contributed by atoms with Crippen LogP contribution in [-0.4, -0.2) is 26.3 Å². The van der Waals surface area contributed by atoms with Crippen molar-refractivity contribution >= 4 is 25.7 Å². The normalized spacial score (nSPS) is 13.3. The smallest absolute Gasteiger partial charge is 0.251 e. The minimum atomic E-state index is -2.23. The van der Waals surface area contributed by atoms with E-state index in [4.69, 9.17) is 20.8 Å². The number of aliphatic hydroxyl groups excluding tert-OH is 1. The molecule has 2 aromatic rings. The molecule has 2 rings (SSSR count). The van der Waals surface area contributed by atoms with E-state index in [2.05, 4.69) is 40.8 Å². The number of ketones is 1. The molecule has 6 heteroatoms. The van der Waals surface area contributed by atoms with Gasteiger partial charge >= 0.3 is 0 Å². The van der Waals surface area contributed by atoms with E-state index in [1.54, 1.807) is 30.3 Å². The summed E-state index contributed by atoms with van der Waals surface area (Å²) in [5.74, 6) is 0.980. The molecular weight excluding hydrogens is 416 g/mol. The molecular formula is C24H33ClO4Si. The third-order valence-electron chi connectivity index (χ3n) is 6.65. The van der Waals surface area contributed by atoms with Crippen LogP contribution in [0.15, 0.2) is 36.4 Å². The van der Waals surface area contributed by atoms with Crippen LogP contribution in [0.4, 0.5) is 0 Å². The Labute approximate surface area is 186 Å². The van der Waals surface area contributed by atoms with Gasteiger partial charge in [0.1, 0.15) is 17.6 Å². The molecule has 0 fully saturated rings. The van der Waals surface area contributed by atoms with Crippen LogP contribution in [0.25, 0.3) is 0 Å². The molecule has 1 unspecified atom stereocenters. The fourth-order valence-corrected chi connectivity index (χ4v) is 6.09. The molecule has 0 bridgehead atoms. The first kappa shape index (κ1) is 24.4. The van der Waals surface area contributed by atoms with Crippen LogP contribution >= 0.6 is 11.6 Å². The highest BCUT2D eigenvalue weighted by molar-refractivity contribution is 6.75. The highest BCUT2D eigenvalue weighted by Gasteiger charge is 2.45. The number of aliphatic hydroxyl groups is 1. The first-order chi connectivity index (χ1) is 13.8. The number of hydrogen-bond acceptors (Lipinski definition) is 4. The third kappa shape index (κ3) is 4.58. The van der Waals surface area contributed by atoms with E-state index in [1.807, 2.05) is 13.0 Å². The minimum absolute atomic E-state index is 0.00898. The summed E-state index contributed by atoms with van der Waals surface area (Å²) in [5, 5.41) is 11.2. The van der Waals surface area contributed by atoms with Crippen molar-refractivity contribution in [2.45, 2.75) is 58.9 Å². The minimum Gasteiger partial charge on any atom is -0.543 e. The summed E-state index contributed by atoms with van der Waals surface area (Å²) >= 11 is 6.54. The number of benzene rings is 2. The average Bonchev–Trinajstić information content (AvgIpc) is 2.69. The van der Waals surface area contributed by atoms with Crippen molar-refractivity contribution in [2.24, 2.45) is 5.92 Å². The summed E-state index contributed by atoms with van der Waals surface area (Å²) in [5.41, 5.74) is 1.39. The highest BCUT2D eigenvalue weighted by atomic mass is 35.5. The standard InChI is InChI=1S/C24H33ClO4Si/c1-15(2)24(4,5)30(7,8)29-18-14-19(28-6)21(25)20(16(18)3)23(27)22(26)17-12-10-9-11-13-17/h9-15,23,27H,1-8H3. The molecule has 0 heterocycles. The number of Topliss-reactive ketones (excluding diaryl/α,β-unsaturated/α-hetero) is 1. The molecule has 2 aromatic carbocycles. The highest BCUT2D eigenvalue weighted by Crippen LogP contribution is 2.47. The van der Waals surface area contributed by atoms with Crippen LogP contribution in [0, 0.1) is 12.8 Å². The van der Waals surface area contributed by atoms with Gasteiger partial charge in [-0.1, -0.05) is 69.6 Å². The first-order valence-corrected chi connectivity index (χ1v) is 13.5. The molecule has 1 N–H and O–H groups in total. The zero-order valence-electron chi connectivity index (χ0n) is 19.2. The van der Waals surface area contributed by atoms with Gasteiger partial charge in [-0.15, -0.1) is 0 Å². The number of halogens is 1. The largest absolute Gasteiger partial charge is 0.543 e. The van der Waals surface area contributed by atoms with Crippen molar-refractivity contribution in [3.63, 3.8) is 0 Å². The average molecular weight is 449 g/mol. The monoisotopic (exact) mass is 448 g/mol. The Morgan fingerprint density at radius 2 is 1.70 bits per heavy atom. The molecule has 30 heavy (non-hydrogen) atoms. The van der Waals surface area contributed by atoms with Gasteiger partial charge in [0.25, 0.3) is 8.32 Å². The van der Waals surface area contributed by atoms with Crippen LogP contribution < -0.4 is 9.16 Å². The summed E-state index contributed by atoms with van der Waals surface area (Å²) in [7, 11) is -0.723. The van der Waals surface area contributed by atoms with Crippen molar-refractivity contribution in [3.05, 3.63) is 58.1 Å². The number of methoxy groups -OCH3 is 1. The van der Waals surface area contributed by atoms with E-state index in [-0.39, 0.29) is 10.1 Å². The molecule has 0 saturated carbocycles. The third-order valence-corrected chi connectivity index (χ3v) is 11.4. The topological polar surface area (TPSA) is 55.8 Å². The number of rotatable bonds is 8. The Balaban J connectivity index is 2.57. The van der Waals surface area contributed by atoms with Gasteiger partial charge in [0.15, 0.2) is 5.78 Å². The maximum Gasteiger partial charge on any atom is 0.251 e. The molecule has 0 amide bonds. The lowest BCUT2D eigenvalue weighted by molar-refractivity contribution is 0.0746. The Morgan fingerprint density at radius 1 is 1.13 bits per heavy atom. The molecule has 0 spiro atoms. The van der Waals surface area contributed by atoms with Gasteiger partial charge in [0.05, 0.1) is 12.1 Å². The van der Waals surface area contributed by atoms with E-state index in [1.165, 1.54) is 7.11 Å². The van der Waals surface area contributed by atoms with E-state index in [0.717, 1.165) is 0 Å². The second-order valence-electron chi connectivity index (χ2n) is 9.05. The number of carbonyl (C=O) groups is 1. The van der Waals surface area contributed by atoms with Crippen molar-refractivity contribution < 1.29 is 19.1 Å². The molecule has 0 saturated heterocycles. The van der Waals surface area contributed by atoms with Gasteiger partial charge in [0, 0.05) is 17.2 Å². The Kier molecular flexibility index (Phi) is 7.44. The van der Waals surface area contributed by atoms with Crippen molar-refractivity contribution in [2.75, 3.05) is 7.11 Å². The molecule has 0 radical (unpaired) electrons. The van der Waals surface area contributed by atoms with E-state index in [9.17, 15) is 9.90 Å². The molecule has 4 nitrogen and oxygen atoms in total. The number of carbonyl (C=O) groups excluding carboxylic acids is 1. The maximum absolute atomic E-state index is 12.9. The van der Waals surface area contributed by atoms with Crippen LogP contribution in [-0.2, 0) is 0 Å². The predicted molar refractivity (Wildman–Crippen MR) is 125 cm³/mol. The predicted octanol–water partition coefficient (Wildman–Crippen LogP) is 6.59. The van der Waals surface area contributed by atoms with E-state index >= 15 is 0 Å². The van der Waals surface area contributed by atoms with Gasteiger partial charge < -0.3 is 14.3 Å². The Morgan fingerprint density at radius 3 is 2.20 bits per heavy atom. The summed E-state index contributed by atoms with van der Waals surface area (Å²) in [6.07, 6.45) is -1.42. The summed E-state index contributed by atoms with van der Waals surface area (Å²) in [6.45, 7) is 15.0. The second kappa shape index (κ2) is 9.12. The lowest BCUT2D eigenvalue weighted by Crippen LogP contribution is -2.48. The van der Waals surface area contributed by atoms with Gasteiger partial charge in [-0.2, -0.15) is 0 Å². The first-order valence-electron chi connectivity index (χ1n) is 10.2. The van der Waals surface area contributed by atoms with Gasteiger partial charge in [-0.25, -0.2) is 0 Å². The van der Waals surface area contributed by atoms with E-state index < -0.39 is 20.2 Å². The van der Waals surface area contributed by atoms with Crippen LogP contribution in [0.5, 0.6) is 11.5 Å². The fourth-order valence-electron chi connectivity index (χ4n) is 3.29. The van der Waals surface area contributed by atoms with E-state index in [0.29, 0.717) is 34.1 Å². The van der Waals surface area contributed by atoms with Gasteiger partial charge in [0.2, 0.25) is 0 Å². The van der Waals surface area contributed by atoms with Gasteiger partial charge in [-0.05, 0) is 36.5 Å². The zero-order chi connectivity index (χ0) is 22.9. The lowest BCUT2D eigenvalue weighted by atomic mass is 9.95. The second-order valence-corrected chi connectivity index (χ2v) is 13.9. The summed E-state index contributed by atoms with van der Waals surface area (Å²) in [6, 6.07) is 10.4. The Hall–Kier alpha value is -1.82. The Bertz CT molecular complexity index is 907. The molecule has 164 valence electrons. The quantitative estimate of drug-likeness (QED) is 0.365. The lowest BCUT2D eigenvalue weighted by Gasteiger charge is -2.43. The van der Waals surface area contributed by atoms with Gasteiger partial charge in [-0.3, -0.25) is 4.79 Å². The van der Waals surface area contributed by atoms with Crippen molar-refractivity contribution in [1.82, 2.24) is 0 Å². The van der Waals surface area contributed by atoms with Crippen LogP contribution in [0.2, 0.25) is 23.2 Å². The summed E-state index contributed by atoms with van der Waals surface area (Å²) in [4.78, 5) is 12.9. The molecule has 0 aliphatic rings. The molecule has 0 aliphatic heterocycles. The summed E-state index contributed by atoms with van der Waals surface area (Å²) < 4.78 is 12.1. The van der Waals surface area contributed by atoms with Crippen LogP contribution in [0.1, 0.15) is 55.3 Å². The van der Waals surface area contributed by atoms with Crippen LogP contribution in [0.3, 0.4) is 0 Å². The maximum atomic E-state index is 12.9. The fraction of sp³-hybridized carbons (Fsp3) is 0.458. The van der Waals surface area contributed by atoms with Crippen molar-refractivity contribution in [3.8, 4) is 11.5 Å². The van der Waals surface area contributed by atoms with Crippen molar-refractivity contribution in [1.29, 1.82) is 0 Å². The zero-order valence-corrected chi connectivity index (χ0v) is 20.9. The SMILES string of the molecule is COc1cc(O[Si](C)(C)C(C)(C)C(C)C)c(C)c(C(O)C(=O)c2ccccc2)c1Cl.